The lowest BCUT2D eigenvalue weighted by atomic mass is 10.1. The van der Waals surface area contributed by atoms with Crippen molar-refractivity contribution in [2.24, 2.45) is 5.92 Å². The molecule has 0 aromatic heterocycles. The normalized spacial score (nSPS) is 26.0. The van der Waals surface area contributed by atoms with Gasteiger partial charge >= 0.3 is 0 Å². The quantitative estimate of drug-likeness (QED) is 0.705. The van der Waals surface area contributed by atoms with Gasteiger partial charge in [0.25, 0.3) is 0 Å². The molecule has 2 rings (SSSR count). The Labute approximate surface area is 88.5 Å². The first kappa shape index (κ1) is 9.26. The van der Waals surface area contributed by atoms with E-state index in [0.29, 0.717) is 0 Å². The van der Waals surface area contributed by atoms with Gasteiger partial charge in [-0.05, 0) is 35.8 Å². The third-order valence-corrected chi connectivity index (χ3v) is 3.77. The fraction of sp³-hybridized carbons (Fsp3) is 0.500. The molecule has 13 heavy (non-hydrogen) atoms. The number of hydrogen-bond acceptors (Lipinski definition) is 0. The van der Waals surface area contributed by atoms with Crippen LogP contribution in [0.25, 0.3) is 0 Å². The van der Waals surface area contributed by atoms with E-state index in [1.165, 1.54) is 17.5 Å². The Morgan fingerprint density at radius 2 is 2.00 bits per heavy atom. The summed E-state index contributed by atoms with van der Waals surface area (Å²) in [6.07, 6.45) is 2.52. The Balaban J connectivity index is 2.07. The molecule has 1 aromatic carbocycles. The van der Waals surface area contributed by atoms with Crippen molar-refractivity contribution in [2.45, 2.75) is 25.7 Å². The summed E-state index contributed by atoms with van der Waals surface area (Å²) in [5.74, 6) is 1.73. The molecule has 0 nitrogen and oxygen atoms in total. The fourth-order valence-electron chi connectivity index (χ4n) is 1.83. The Hall–Kier alpha value is -0.300. The Kier molecular flexibility index (Phi) is 2.73. The highest BCUT2D eigenvalue weighted by Gasteiger charge is 2.36. The van der Waals surface area contributed by atoms with Crippen molar-refractivity contribution in [1.82, 2.24) is 0 Å². The van der Waals surface area contributed by atoms with Gasteiger partial charge < -0.3 is 0 Å². The summed E-state index contributed by atoms with van der Waals surface area (Å²) in [7, 11) is 0. The van der Waals surface area contributed by atoms with Crippen LogP contribution in [0.5, 0.6) is 0 Å². The van der Waals surface area contributed by atoms with E-state index in [2.05, 4.69) is 47.1 Å². The Morgan fingerprint density at radius 1 is 1.31 bits per heavy atom. The van der Waals surface area contributed by atoms with E-state index < -0.39 is 0 Å². The second-order valence-corrected chi connectivity index (χ2v) is 4.50. The monoisotopic (exact) mass is 238 g/mol. The summed E-state index contributed by atoms with van der Waals surface area (Å²) in [5, 5.41) is 1.16. The first-order valence-electron chi connectivity index (χ1n) is 5.00. The number of hydrogen-bond donors (Lipinski definition) is 0. The molecular formula is C12H15Br. The summed E-state index contributed by atoms with van der Waals surface area (Å²) in [6.45, 7) is 2.20. The fourth-order valence-corrected chi connectivity index (χ4v) is 2.54. The van der Waals surface area contributed by atoms with Crippen LogP contribution in [-0.2, 0) is 6.42 Å². The minimum atomic E-state index is 0.838. The van der Waals surface area contributed by atoms with E-state index in [1.807, 2.05) is 0 Å². The second kappa shape index (κ2) is 3.83. The van der Waals surface area contributed by atoms with Crippen LogP contribution in [0, 0.1) is 5.92 Å². The lowest BCUT2D eigenvalue weighted by Crippen LogP contribution is -1.85. The lowest BCUT2D eigenvalue weighted by molar-refractivity contribution is 0.935. The third kappa shape index (κ3) is 1.96. The van der Waals surface area contributed by atoms with Crippen molar-refractivity contribution in [3.63, 3.8) is 0 Å². The predicted octanol–water partition coefficient (Wildman–Crippen LogP) is 3.75. The van der Waals surface area contributed by atoms with Crippen LogP contribution in [0.3, 0.4) is 0 Å². The smallest absolute Gasteiger partial charge is 0.00657 e. The molecule has 1 fully saturated rings. The van der Waals surface area contributed by atoms with Gasteiger partial charge in [-0.25, -0.2) is 0 Å². The van der Waals surface area contributed by atoms with Crippen molar-refractivity contribution in [2.75, 3.05) is 5.33 Å². The number of rotatable bonds is 3. The van der Waals surface area contributed by atoms with E-state index in [1.54, 1.807) is 0 Å². The van der Waals surface area contributed by atoms with Crippen molar-refractivity contribution < 1.29 is 0 Å². The van der Waals surface area contributed by atoms with E-state index in [4.69, 9.17) is 0 Å². The van der Waals surface area contributed by atoms with Crippen molar-refractivity contribution >= 4 is 15.9 Å². The summed E-state index contributed by atoms with van der Waals surface area (Å²) in [5.41, 5.74) is 2.97. The van der Waals surface area contributed by atoms with E-state index >= 15 is 0 Å². The van der Waals surface area contributed by atoms with Crippen LogP contribution in [0.1, 0.15) is 30.4 Å². The first-order chi connectivity index (χ1) is 6.35. The maximum atomic E-state index is 3.54. The molecule has 0 aliphatic heterocycles. The first-order valence-corrected chi connectivity index (χ1v) is 6.12. The molecule has 1 saturated carbocycles. The zero-order valence-electron chi connectivity index (χ0n) is 7.96. The van der Waals surface area contributed by atoms with E-state index in [-0.39, 0.29) is 0 Å². The zero-order chi connectivity index (χ0) is 9.26. The maximum Gasteiger partial charge on any atom is 0.00657 e. The van der Waals surface area contributed by atoms with Gasteiger partial charge in [0.2, 0.25) is 0 Å². The molecule has 1 aliphatic rings. The zero-order valence-corrected chi connectivity index (χ0v) is 9.55. The standard InChI is InChI=1S/C12H15Br/c1-2-9-3-5-10(6-4-9)12-7-11(12)8-13/h3-6,11-12H,2,7-8H2,1H3. The van der Waals surface area contributed by atoms with Crippen molar-refractivity contribution in [3.05, 3.63) is 35.4 Å². The highest BCUT2D eigenvalue weighted by Crippen LogP contribution is 2.48. The van der Waals surface area contributed by atoms with E-state index in [9.17, 15) is 0 Å². The van der Waals surface area contributed by atoms with Crippen LogP contribution >= 0.6 is 15.9 Å². The van der Waals surface area contributed by atoms with Crippen molar-refractivity contribution in [1.29, 1.82) is 0 Å². The van der Waals surface area contributed by atoms with Gasteiger partial charge in [0, 0.05) is 5.33 Å². The minimum absolute atomic E-state index is 0.838. The van der Waals surface area contributed by atoms with Gasteiger partial charge in [-0.15, -0.1) is 0 Å². The third-order valence-electron chi connectivity index (χ3n) is 2.94. The molecule has 0 amide bonds. The molecular weight excluding hydrogens is 224 g/mol. The van der Waals surface area contributed by atoms with Crippen LogP contribution < -0.4 is 0 Å². The number of alkyl halides is 1. The highest BCUT2D eigenvalue weighted by atomic mass is 79.9. The number of aryl methyl sites for hydroxylation is 1. The molecule has 2 unspecified atom stereocenters. The Bertz CT molecular complexity index is 276. The topological polar surface area (TPSA) is 0 Å². The predicted molar refractivity (Wildman–Crippen MR) is 60.5 cm³/mol. The highest BCUT2D eigenvalue weighted by molar-refractivity contribution is 9.09. The molecule has 2 atom stereocenters. The minimum Gasteiger partial charge on any atom is -0.0925 e. The summed E-state index contributed by atoms with van der Waals surface area (Å²) >= 11 is 3.54. The molecule has 0 heterocycles. The summed E-state index contributed by atoms with van der Waals surface area (Å²) in [6, 6.07) is 9.12. The summed E-state index contributed by atoms with van der Waals surface area (Å²) < 4.78 is 0. The van der Waals surface area contributed by atoms with Crippen LogP contribution in [0.2, 0.25) is 0 Å². The largest absolute Gasteiger partial charge is 0.0925 e. The van der Waals surface area contributed by atoms with Gasteiger partial charge in [0.05, 0.1) is 0 Å². The maximum absolute atomic E-state index is 3.54. The molecule has 0 saturated heterocycles. The molecule has 0 bridgehead atoms. The molecule has 0 radical (unpaired) electrons. The molecule has 70 valence electrons. The van der Waals surface area contributed by atoms with Gasteiger partial charge in [0.1, 0.15) is 0 Å². The Morgan fingerprint density at radius 3 is 2.46 bits per heavy atom. The molecule has 1 aromatic rings. The molecule has 1 heteroatoms. The number of halogens is 1. The van der Waals surface area contributed by atoms with Crippen LogP contribution in [-0.4, -0.2) is 5.33 Å². The number of benzene rings is 1. The second-order valence-electron chi connectivity index (χ2n) is 3.85. The molecule has 0 N–H and O–H groups in total. The average Bonchev–Trinajstić information content (AvgIpc) is 2.97. The van der Waals surface area contributed by atoms with E-state index in [0.717, 1.165) is 23.6 Å². The van der Waals surface area contributed by atoms with Gasteiger partial charge in [-0.3, -0.25) is 0 Å². The van der Waals surface area contributed by atoms with Gasteiger partial charge in [0.15, 0.2) is 0 Å². The van der Waals surface area contributed by atoms with Crippen LogP contribution in [0.4, 0.5) is 0 Å². The van der Waals surface area contributed by atoms with Gasteiger partial charge in [-0.2, -0.15) is 0 Å². The summed E-state index contributed by atoms with van der Waals surface area (Å²) in [4.78, 5) is 0. The van der Waals surface area contributed by atoms with Gasteiger partial charge in [-0.1, -0.05) is 47.1 Å². The molecule has 1 aliphatic carbocycles. The molecule has 0 spiro atoms. The van der Waals surface area contributed by atoms with Crippen molar-refractivity contribution in [3.8, 4) is 0 Å². The lowest BCUT2D eigenvalue weighted by Gasteiger charge is -2.00. The van der Waals surface area contributed by atoms with Crippen LogP contribution in [0.15, 0.2) is 24.3 Å². The SMILES string of the molecule is CCc1ccc(C2CC2CBr)cc1. The average molecular weight is 239 g/mol.